The molecule has 38 valence electrons. The maximum absolute atomic E-state index is 3.33. The van der Waals surface area contributed by atoms with E-state index in [1.165, 1.54) is 0 Å². The highest BCUT2D eigenvalue weighted by atomic mass is 127. The maximum atomic E-state index is 3.33. The molecule has 0 aliphatic carbocycles. The van der Waals surface area contributed by atoms with Crippen LogP contribution in [0.15, 0.2) is 0 Å². The summed E-state index contributed by atoms with van der Waals surface area (Å²) in [6, 6.07) is 0. The van der Waals surface area contributed by atoms with Crippen LogP contribution in [0, 0.1) is 0 Å². The summed E-state index contributed by atoms with van der Waals surface area (Å²) < 4.78 is 0.0533. The molecule has 0 aliphatic rings. The summed E-state index contributed by atoms with van der Waals surface area (Å²) in [5, 5.41) is 0.903. The lowest BCUT2D eigenvalue weighted by Gasteiger charge is -2.03. The molecule has 0 radical (unpaired) electrons. The van der Waals surface area contributed by atoms with E-state index >= 15 is 0 Å². The third-order valence-electron chi connectivity index (χ3n) is 0.152. The fraction of sp³-hybridized carbons (Fsp3) is 1.00. The second kappa shape index (κ2) is 3.25. The smallest absolute Gasteiger partial charge is 0.0895 e. The van der Waals surface area contributed by atoms with Gasteiger partial charge in [-0.2, -0.15) is 0 Å². The van der Waals surface area contributed by atoms with Gasteiger partial charge in [0, 0.05) is 5.33 Å². The fourth-order valence-corrected chi connectivity index (χ4v) is 0. The van der Waals surface area contributed by atoms with Crippen LogP contribution in [0.4, 0.5) is 0 Å². The fourth-order valence-electron chi connectivity index (χ4n) is 0. The molecule has 0 heterocycles. The Balaban J connectivity index is 3.17. The van der Waals surface area contributed by atoms with Gasteiger partial charge < -0.3 is 0 Å². The van der Waals surface area contributed by atoms with E-state index in [9.17, 15) is 0 Å². The molecular formula is C2H2Br3I. The number of hydrogen-bond donors (Lipinski definition) is 0. The van der Waals surface area contributed by atoms with Crippen molar-refractivity contribution in [3.05, 3.63) is 0 Å². The zero-order chi connectivity index (χ0) is 5.21. The molecule has 0 aromatic heterocycles. The van der Waals surface area contributed by atoms with Gasteiger partial charge in [-0.3, -0.25) is 0 Å². The SMILES string of the molecule is BrCC(Br)(Br)I. The van der Waals surface area contributed by atoms with Crippen LogP contribution in [0.3, 0.4) is 0 Å². The lowest BCUT2D eigenvalue weighted by atomic mass is 11.0. The molecule has 0 saturated heterocycles. The summed E-state index contributed by atoms with van der Waals surface area (Å²) in [6.07, 6.45) is 0. The van der Waals surface area contributed by atoms with Gasteiger partial charge in [0.2, 0.25) is 0 Å². The Morgan fingerprint density at radius 1 is 1.50 bits per heavy atom. The van der Waals surface area contributed by atoms with E-state index in [1.807, 2.05) is 0 Å². The van der Waals surface area contributed by atoms with E-state index in [4.69, 9.17) is 0 Å². The molecule has 0 saturated carbocycles. The van der Waals surface area contributed by atoms with Gasteiger partial charge in [-0.25, -0.2) is 0 Å². The van der Waals surface area contributed by atoms with Gasteiger partial charge in [-0.1, -0.05) is 70.4 Å². The predicted molar refractivity (Wildman–Crippen MR) is 48.4 cm³/mol. The van der Waals surface area contributed by atoms with Crippen molar-refractivity contribution in [2.75, 3.05) is 5.33 Å². The van der Waals surface area contributed by atoms with Gasteiger partial charge in [0.25, 0.3) is 0 Å². The van der Waals surface area contributed by atoms with Crippen molar-refractivity contribution in [2.45, 2.75) is 1.24 Å². The molecule has 0 aromatic rings. The van der Waals surface area contributed by atoms with Crippen LogP contribution >= 0.6 is 70.4 Å². The van der Waals surface area contributed by atoms with E-state index in [2.05, 4.69) is 70.4 Å². The Hall–Kier alpha value is 2.17. The second-order valence-electron chi connectivity index (χ2n) is 0.749. The molecule has 0 N–H and O–H groups in total. The van der Waals surface area contributed by atoms with Gasteiger partial charge in [0.05, 0.1) is 0 Å². The average molecular weight is 393 g/mol. The largest absolute Gasteiger partial charge is 0.141 e. The molecule has 0 spiro atoms. The molecule has 4 heteroatoms. The topological polar surface area (TPSA) is 0 Å². The van der Waals surface area contributed by atoms with E-state index in [1.54, 1.807) is 0 Å². The highest BCUT2D eigenvalue weighted by molar-refractivity contribution is 14.1. The molecule has 0 bridgehead atoms. The number of alkyl halides is 4. The zero-order valence-corrected chi connectivity index (χ0v) is 9.63. The molecule has 6 heavy (non-hydrogen) atoms. The third-order valence-corrected chi connectivity index (χ3v) is 4.49. The van der Waals surface area contributed by atoms with Gasteiger partial charge in [-0.05, 0) is 0 Å². The van der Waals surface area contributed by atoms with Crippen LogP contribution < -0.4 is 0 Å². The first-order valence-corrected chi connectivity index (χ1v) is 4.97. The van der Waals surface area contributed by atoms with Crippen LogP contribution in [-0.2, 0) is 0 Å². The quantitative estimate of drug-likeness (QED) is 0.475. The number of halogens is 4. The molecule has 0 aliphatic heterocycles. The standard InChI is InChI=1S/C2H2Br3I/c3-1-2(4,5)6/h1H2. The minimum absolute atomic E-state index is 0.0533. The predicted octanol–water partition coefficient (Wildman–Crippen LogP) is 3.26. The average Bonchev–Trinajstić information content (AvgIpc) is 1.35. The Kier molecular flexibility index (Phi) is 4.42. The lowest BCUT2D eigenvalue weighted by Crippen LogP contribution is -1.97. The van der Waals surface area contributed by atoms with Crippen molar-refractivity contribution < 1.29 is 0 Å². The van der Waals surface area contributed by atoms with E-state index in [0.717, 1.165) is 5.33 Å². The van der Waals surface area contributed by atoms with E-state index in [-0.39, 0.29) is 1.24 Å². The first-order valence-electron chi connectivity index (χ1n) is 1.19. The minimum Gasteiger partial charge on any atom is -0.0895 e. The van der Waals surface area contributed by atoms with Crippen molar-refractivity contribution >= 4 is 70.4 Å². The Labute approximate surface area is 76.0 Å². The maximum Gasteiger partial charge on any atom is 0.141 e. The Morgan fingerprint density at radius 3 is 1.67 bits per heavy atom. The van der Waals surface area contributed by atoms with Gasteiger partial charge in [0.15, 0.2) is 0 Å². The molecule has 0 amide bonds. The zero-order valence-electron chi connectivity index (χ0n) is 2.72. The lowest BCUT2D eigenvalue weighted by molar-refractivity contribution is 1.49. The van der Waals surface area contributed by atoms with Gasteiger partial charge in [-0.15, -0.1) is 0 Å². The summed E-state index contributed by atoms with van der Waals surface area (Å²) in [5.41, 5.74) is 0. The van der Waals surface area contributed by atoms with Crippen molar-refractivity contribution in [3.8, 4) is 0 Å². The molecule has 0 nitrogen and oxygen atoms in total. The second-order valence-corrected chi connectivity index (χ2v) is 9.89. The molecule has 0 aromatic carbocycles. The molecular weight excluding hydrogens is 391 g/mol. The molecule has 0 fully saturated rings. The Bertz CT molecular complexity index is 38.5. The highest BCUT2D eigenvalue weighted by Gasteiger charge is 2.13. The van der Waals surface area contributed by atoms with Gasteiger partial charge in [0.1, 0.15) is 1.24 Å². The molecule has 0 atom stereocenters. The highest BCUT2D eigenvalue weighted by Crippen LogP contribution is 2.35. The summed E-state index contributed by atoms with van der Waals surface area (Å²) in [7, 11) is 0. The summed E-state index contributed by atoms with van der Waals surface area (Å²) >= 11 is 12.2. The van der Waals surface area contributed by atoms with Crippen molar-refractivity contribution in [3.63, 3.8) is 0 Å². The summed E-state index contributed by atoms with van der Waals surface area (Å²) in [4.78, 5) is 0. The molecule has 0 unspecified atom stereocenters. The third kappa shape index (κ3) is 6.17. The van der Waals surface area contributed by atoms with E-state index < -0.39 is 0 Å². The monoisotopic (exact) mass is 390 g/mol. The first-order chi connectivity index (χ1) is 2.56. The van der Waals surface area contributed by atoms with Crippen LogP contribution in [-0.4, -0.2) is 6.57 Å². The van der Waals surface area contributed by atoms with Crippen LogP contribution in [0.2, 0.25) is 0 Å². The first kappa shape index (κ1) is 8.17. The Morgan fingerprint density at radius 2 is 1.67 bits per heavy atom. The van der Waals surface area contributed by atoms with Crippen LogP contribution in [0.25, 0.3) is 0 Å². The number of rotatable bonds is 1. The summed E-state index contributed by atoms with van der Waals surface area (Å²) in [5.74, 6) is 0. The van der Waals surface area contributed by atoms with Gasteiger partial charge >= 0.3 is 0 Å². The van der Waals surface area contributed by atoms with Crippen molar-refractivity contribution in [1.82, 2.24) is 0 Å². The molecule has 0 rings (SSSR count). The minimum atomic E-state index is 0.0533. The van der Waals surface area contributed by atoms with Crippen molar-refractivity contribution in [2.24, 2.45) is 0 Å². The van der Waals surface area contributed by atoms with E-state index in [0.29, 0.717) is 0 Å². The van der Waals surface area contributed by atoms with Crippen LogP contribution in [0.5, 0.6) is 0 Å². The summed E-state index contributed by atoms with van der Waals surface area (Å²) in [6.45, 7) is 0. The normalized spacial score (nSPS) is 12.0. The van der Waals surface area contributed by atoms with Crippen molar-refractivity contribution in [1.29, 1.82) is 0 Å². The number of hydrogen-bond acceptors (Lipinski definition) is 0. The van der Waals surface area contributed by atoms with Crippen LogP contribution in [0.1, 0.15) is 0 Å².